The number of rotatable bonds is 6. The summed E-state index contributed by atoms with van der Waals surface area (Å²) in [6, 6.07) is -1.60. The molecule has 2 atom stereocenters. The third kappa shape index (κ3) is 5.96. The van der Waals surface area contributed by atoms with Crippen molar-refractivity contribution >= 4 is 22.3 Å². The Bertz CT molecular complexity index is 348. The minimum absolute atomic E-state index is 0.787. The Kier molecular flexibility index (Phi) is 4.61. The SMILES string of the molecule is N[C@@H](C[C@@H](OS(=O)(=O)O)C(=O)O)C(=O)O. The maximum absolute atomic E-state index is 10.4. The lowest BCUT2D eigenvalue weighted by atomic mass is 10.1. The van der Waals surface area contributed by atoms with Crippen LogP contribution >= 0.6 is 0 Å². The zero-order chi connectivity index (χ0) is 12.2. The lowest BCUT2D eigenvalue weighted by Gasteiger charge is -2.12. The summed E-state index contributed by atoms with van der Waals surface area (Å²) in [5.41, 5.74) is 4.95. The zero-order valence-corrected chi connectivity index (χ0v) is 8.05. The second kappa shape index (κ2) is 5.02. The molecular weight excluding hydrogens is 234 g/mol. The van der Waals surface area contributed by atoms with Crippen LogP contribution in [-0.4, -0.2) is 47.3 Å². The number of aliphatic carboxylic acids is 2. The minimum atomic E-state index is -4.97. The molecule has 88 valence electrons. The topological polar surface area (TPSA) is 164 Å². The van der Waals surface area contributed by atoms with E-state index in [0.717, 1.165) is 0 Å². The first-order valence-electron chi connectivity index (χ1n) is 3.50. The highest BCUT2D eigenvalue weighted by Gasteiger charge is 2.29. The van der Waals surface area contributed by atoms with Crippen LogP contribution in [0, 0.1) is 0 Å². The summed E-state index contributed by atoms with van der Waals surface area (Å²) >= 11 is 0. The highest BCUT2D eigenvalue weighted by atomic mass is 32.3. The normalized spacial score (nSPS) is 15.6. The third-order valence-corrected chi connectivity index (χ3v) is 1.77. The Hall–Kier alpha value is -1.23. The van der Waals surface area contributed by atoms with Gasteiger partial charge >= 0.3 is 22.3 Å². The second-order valence-electron chi connectivity index (χ2n) is 2.53. The molecule has 0 fully saturated rings. The van der Waals surface area contributed by atoms with Crippen molar-refractivity contribution in [2.45, 2.75) is 18.6 Å². The Morgan fingerprint density at radius 3 is 2.00 bits per heavy atom. The third-order valence-electron chi connectivity index (χ3n) is 1.30. The molecule has 0 aliphatic carbocycles. The number of carboxylic acids is 2. The van der Waals surface area contributed by atoms with Gasteiger partial charge in [0.2, 0.25) is 0 Å². The molecule has 0 unspecified atom stereocenters. The first-order chi connectivity index (χ1) is 6.63. The van der Waals surface area contributed by atoms with E-state index >= 15 is 0 Å². The van der Waals surface area contributed by atoms with Crippen molar-refractivity contribution in [1.82, 2.24) is 0 Å². The van der Waals surface area contributed by atoms with E-state index in [0.29, 0.717) is 0 Å². The van der Waals surface area contributed by atoms with Gasteiger partial charge in [-0.2, -0.15) is 8.42 Å². The Balaban J connectivity index is 4.56. The van der Waals surface area contributed by atoms with E-state index in [1.807, 2.05) is 0 Å². The van der Waals surface area contributed by atoms with Crippen molar-refractivity contribution in [2.75, 3.05) is 0 Å². The van der Waals surface area contributed by atoms with Crippen LogP contribution in [0.4, 0.5) is 0 Å². The molecule has 0 aromatic carbocycles. The molecular formula is C5H9NO8S. The molecule has 0 aromatic heterocycles. The highest BCUT2D eigenvalue weighted by Crippen LogP contribution is 2.05. The summed E-state index contributed by atoms with van der Waals surface area (Å²) in [4.78, 5) is 20.6. The number of hydrogen-bond donors (Lipinski definition) is 4. The predicted octanol–water partition coefficient (Wildman–Crippen LogP) is -1.94. The van der Waals surface area contributed by atoms with Gasteiger partial charge < -0.3 is 15.9 Å². The Labute approximate surface area is 84.4 Å². The van der Waals surface area contributed by atoms with Crippen molar-refractivity contribution in [2.24, 2.45) is 5.73 Å². The summed E-state index contributed by atoms with van der Waals surface area (Å²) in [6.45, 7) is 0. The smallest absolute Gasteiger partial charge is 0.398 e. The lowest BCUT2D eigenvalue weighted by molar-refractivity contribution is -0.147. The Morgan fingerprint density at radius 2 is 1.73 bits per heavy atom. The van der Waals surface area contributed by atoms with Crippen LogP contribution in [0.2, 0.25) is 0 Å². The van der Waals surface area contributed by atoms with Gasteiger partial charge in [0.1, 0.15) is 6.04 Å². The van der Waals surface area contributed by atoms with Gasteiger partial charge in [-0.15, -0.1) is 0 Å². The number of carbonyl (C=O) groups is 2. The average Bonchev–Trinajstić information content (AvgIpc) is 1.99. The van der Waals surface area contributed by atoms with Crippen LogP contribution in [-0.2, 0) is 24.2 Å². The maximum Gasteiger partial charge on any atom is 0.398 e. The van der Waals surface area contributed by atoms with Crippen LogP contribution in [0.5, 0.6) is 0 Å². The van der Waals surface area contributed by atoms with E-state index in [1.165, 1.54) is 0 Å². The first kappa shape index (κ1) is 13.8. The second-order valence-corrected chi connectivity index (χ2v) is 3.58. The number of carboxylic acid groups (broad SMARTS) is 2. The van der Waals surface area contributed by atoms with Crippen LogP contribution < -0.4 is 5.73 Å². The number of nitrogens with two attached hydrogens (primary N) is 1. The molecule has 0 saturated heterocycles. The summed E-state index contributed by atoms with van der Waals surface area (Å²) in [5.74, 6) is -3.26. The highest BCUT2D eigenvalue weighted by molar-refractivity contribution is 7.80. The Morgan fingerprint density at radius 1 is 1.27 bits per heavy atom. The molecule has 0 bridgehead atoms. The van der Waals surface area contributed by atoms with Gasteiger partial charge in [-0.25, -0.2) is 8.98 Å². The predicted molar refractivity (Wildman–Crippen MR) is 44.3 cm³/mol. The van der Waals surface area contributed by atoms with Gasteiger partial charge in [-0.1, -0.05) is 0 Å². The van der Waals surface area contributed by atoms with Gasteiger partial charge in [0.05, 0.1) is 0 Å². The quantitative estimate of drug-likeness (QED) is 0.388. The van der Waals surface area contributed by atoms with Gasteiger partial charge in [-0.05, 0) is 0 Å². The molecule has 0 spiro atoms. The molecule has 0 heterocycles. The molecule has 0 saturated carbocycles. The summed E-state index contributed by atoms with van der Waals surface area (Å²) in [7, 11) is -4.97. The van der Waals surface area contributed by atoms with Crippen molar-refractivity contribution in [3.8, 4) is 0 Å². The molecule has 0 amide bonds. The molecule has 15 heavy (non-hydrogen) atoms. The monoisotopic (exact) mass is 243 g/mol. The van der Waals surface area contributed by atoms with Gasteiger partial charge in [0.15, 0.2) is 6.10 Å². The largest absolute Gasteiger partial charge is 0.480 e. The molecule has 9 nitrogen and oxygen atoms in total. The van der Waals surface area contributed by atoms with E-state index in [1.54, 1.807) is 0 Å². The molecule has 10 heteroatoms. The molecule has 0 radical (unpaired) electrons. The fourth-order valence-electron chi connectivity index (χ4n) is 0.659. The maximum atomic E-state index is 10.4. The summed E-state index contributed by atoms with van der Waals surface area (Å²) in [6.07, 6.45) is -2.82. The molecule has 0 aromatic rings. The van der Waals surface area contributed by atoms with E-state index < -0.39 is 40.9 Å². The van der Waals surface area contributed by atoms with E-state index in [2.05, 4.69) is 4.18 Å². The molecule has 5 N–H and O–H groups in total. The van der Waals surface area contributed by atoms with Crippen LogP contribution in [0.15, 0.2) is 0 Å². The van der Waals surface area contributed by atoms with Crippen LogP contribution in [0.1, 0.15) is 6.42 Å². The standard InChI is InChI=1S/C5H9NO8S/c6-2(4(7)8)1-3(5(9)10)14-15(11,12)13/h2-3H,1,6H2,(H,7,8)(H,9,10)(H,11,12,13)/t2-,3+/m0/s1. The van der Waals surface area contributed by atoms with Gasteiger partial charge in [0.25, 0.3) is 0 Å². The van der Waals surface area contributed by atoms with Gasteiger partial charge in [-0.3, -0.25) is 9.35 Å². The first-order valence-corrected chi connectivity index (χ1v) is 4.87. The molecule has 0 rings (SSSR count). The van der Waals surface area contributed by atoms with Crippen LogP contribution in [0.3, 0.4) is 0 Å². The van der Waals surface area contributed by atoms with Crippen molar-refractivity contribution < 1.29 is 37.0 Å². The van der Waals surface area contributed by atoms with E-state index in [4.69, 9.17) is 20.5 Å². The zero-order valence-electron chi connectivity index (χ0n) is 7.23. The molecule has 0 aliphatic heterocycles. The van der Waals surface area contributed by atoms with Crippen molar-refractivity contribution in [3.63, 3.8) is 0 Å². The summed E-state index contributed by atoms with van der Waals surface area (Å²) in [5, 5.41) is 16.7. The minimum Gasteiger partial charge on any atom is -0.480 e. The summed E-state index contributed by atoms with van der Waals surface area (Å²) < 4.78 is 32.3. The average molecular weight is 243 g/mol. The van der Waals surface area contributed by atoms with E-state index in [9.17, 15) is 18.0 Å². The van der Waals surface area contributed by atoms with Crippen molar-refractivity contribution in [3.05, 3.63) is 0 Å². The van der Waals surface area contributed by atoms with Gasteiger partial charge in [0, 0.05) is 6.42 Å². The van der Waals surface area contributed by atoms with E-state index in [-0.39, 0.29) is 0 Å². The van der Waals surface area contributed by atoms with Crippen molar-refractivity contribution in [1.29, 1.82) is 0 Å². The van der Waals surface area contributed by atoms with Crippen LogP contribution in [0.25, 0.3) is 0 Å². The lowest BCUT2D eigenvalue weighted by Crippen LogP contribution is -2.38. The number of hydrogen-bond acceptors (Lipinski definition) is 6. The fourth-order valence-corrected chi connectivity index (χ4v) is 1.11. The fraction of sp³-hybridized carbons (Fsp3) is 0.600. The molecule has 0 aliphatic rings.